The van der Waals surface area contributed by atoms with Crippen molar-refractivity contribution in [2.24, 2.45) is 0 Å². The van der Waals surface area contributed by atoms with Gasteiger partial charge in [0, 0.05) is 29.7 Å². The molecule has 2 heterocycles. The van der Waals surface area contributed by atoms with E-state index in [1.165, 1.54) is 0 Å². The van der Waals surface area contributed by atoms with Gasteiger partial charge in [-0.1, -0.05) is 12.1 Å². The lowest BCUT2D eigenvalue weighted by Crippen LogP contribution is -2.13. The lowest BCUT2D eigenvalue weighted by atomic mass is 10.2. The maximum absolute atomic E-state index is 12.4. The molecule has 6 nitrogen and oxygen atoms in total. The van der Waals surface area contributed by atoms with Crippen molar-refractivity contribution in [3.05, 3.63) is 78.2 Å². The minimum absolute atomic E-state index is 0.261. The minimum Gasteiger partial charge on any atom is -0.490 e. The largest absolute Gasteiger partial charge is 0.490 e. The SMILES string of the molecule is CCOc1cc(C(=O)Nc2ccccn2)ccc1OCc1cccnc1. The first-order chi connectivity index (χ1) is 12.8. The smallest absolute Gasteiger partial charge is 0.256 e. The topological polar surface area (TPSA) is 73.3 Å². The van der Waals surface area contributed by atoms with E-state index in [0.29, 0.717) is 36.1 Å². The van der Waals surface area contributed by atoms with Crippen molar-refractivity contribution in [1.82, 2.24) is 9.97 Å². The van der Waals surface area contributed by atoms with E-state index in [1.54, 1.807) is 48.9 Å². The van der Waals surface area contributed by atoms with E-state index in [1.807, 2.05) is 25.1 Å². The molecule has 3 aromatic rings. The molecule has 0 saturated carbocycles. The van der Waals surface area contributed by atoms with Crippen LogP contribution in [0, 0.1) is 0 Å². The first-order valence-electron chi connectivity index (χ1n) is 8.27. The second-order valence-electron chi connectivity index (χ2n) is 5.41. The van der Waals surface area contributed by atoms with Crippen LogP contribution in [0.3, 0.4) is 0 Å². The summed E-state index contributed by atoms with van der Waals surface area (Å²) in [6, 6.07) is 14.2. The Bertz CT molecular complexity index is 855. The summed E-state index contributed by atoms with van der Waals surface area (Å²) < 4.78 is 11.4. The molecule has 1 N–H and O–H groups in total. The zero-order valence-corrected chi connectivity index (χ0v) is 14.4. The second kappa shape index (κ2) is 8.62. The molecule has 0 atom stereocenters. The number of carbonyl (C=O) groups excluding carboxylic acids is 1. The van der Waals surface area contributed by atoms with E-state index >= 15 is 0 Å². The van der Waals surface area contributed by atoms with Gasteiger partial charge in [-0.2, -0.15) is 0 Å². The van der Waals surface area contributed by atoms with Crippen molar-refractivity contribution in [2.75, 3.05) is 11.9 Å². The highest BCUT2D eigenvalue weighted by Gasteiger charge is 2.12. The van der Waals surface area contributed by atoms with Gasteiger partial charge in [-0.25, -0.2) is 4.98 Å². The highest BCUT2D eigenvalue weighted by atomic mass is 16.5. The van der Waals surface area contributed by atoms with Gasteiger partial charge in [-0.15, -0.1) is 0 Å². The molecule has 0 aliphatic heterocycles. The van der Waals surface area contributed by atoms with Gasteiger partial charge in [0.15, 0.2) is 11.5 Å². The van der Waals surface area contributed by atoms with Crippen LogP contribution in [-0.2, 0) is 6.61 Å². The molecule has 0 aliphatic rings. The number of aromatic nitrogens is 2. The summed E-state index contributed by atoms with van der Waals surface area (Å²) in [6.07, 6.45) is 5.08. The Labute approximate surface area is 151 Å². The van der Waals surface area contributed by atoms with Crippen LogP contribution in [0.15, 0.2) is 67.1 Å². The number of amides is 1. The monoisotopic (exact) mass is 349 g/mol. The van der Waals surface area contributed by atoms with E-state index in [4.69, 9.17) is 9.47 Å². The van der Waals surface area contributed by atoms with E-state index in [2.05, 4.69) is 15.3 Å². The highest BCUT2D eigenvalue weighted by molar-refractivity contribution is 6.04. The van der Waals surface area contributed by atoms with Crippen LogP contribution in [-0.4, -0.2) is 22.5 Å². The van der Waals surface area contributed by atoms with Crippen LogP contribution in [0.5, 0.6) is 11.5 Å². The number of hydrogen-bond donors (Lipinski definition) is 1. The van der Waals surface area contributed by atoms with Gasteiger partial charge in [0.05, 0.1) is 6.61 Å². The molecule has 6 heteroatoms. The summed E-state index contributed by atoms with van der Waals surface area (Å²) in [5, 5.41) is 2.75. The van der Waals surface area contributed by atoms with Gasteiger partial charge < -0.3 is 14.8 Å². The molecule has 0 radical (unpaired) electrons. The summed E-state index contributed by atoms with van der Waals surface area (Å²) >= 11 is 0. The number of anilines is 1. The van der Waals surface area contributed by atoms with Crippen LogP contribution in [0.1, 0.15) is 22.8 Å². The molecule has 0 spiro atoms. The zero-order chi connectivity index (χ0) is 18.2. The Kier molecular flexibility index (Phi) is 5.77. The van der Waals surface area contributed by atoms with Gasteiger partial charge in [-0.3, -0.25) is 9.78 Å². The minimum atomic E-state index is -0.261. The van der Waals surface area contributed by atoms with E-state index < -0.39 is 0 Å². The molecule has 0 saturated heterocycles. The van der Waals surface area contributed by atoms with Gasteiger partial charge in [0.25, 0.3) is 5.91 Å². The van der Waals surface area contributed by atoms with Crippen molar-refractivity contribution >= 4 is 11.7 Å². The zero-order valence-electron chi connectivity index (χ0n) is 14.4. The first kappa shape index (κ1) is 17.4. The van der Waals surface area contributed by atoms with Crippen molar-refractivity contribution in [3.8, 4) is 11.5 Å². The Morgan fingerprint density at radius 3 is 2.69 bits per heavy atom. The maximum Gasteiger partial charge on any atom is 0.256 e. The molecule has 0 fully saturated rings. The van der Waals surface area contributed by atoms with E-state index in [9.17, 15) is 4.79 Å². The highest BCUT2D eigenvalue weighted by Crippen LogP contribution is 2.29. The molecular weight excluding hydrogens is 330 g/mol. The molecule has 1 aromatic carbocycles. The molecule has 0 aliphatic carbocycles. The van der Waals surface area contributed by atoms with Crippen LogP contribution >= 0.6 is 0 Å². The summed E-state index contributed by atoms with van der Waals surface area (Å²) in [6.45, 7) is 2.72. The lowest BCUT2D eigenvalue weighted by Gasteiger charge is -2.13. The molecule has 0 bridgehead atoms. The third kappa shape index (κ3) is 4.57. The Morgan fingerprint density at radius 1 is 1.04 bits per heavy atom. The summed E-state index contributed by atoms with van der Waals surface area (Å²) in [4.78, 5) is 20.6. The van der Waals surface area contributed by atoms with Gasteiger partial charge >= 0.3 is 0 Å². The number of nitrogens with zero attached hydrogens (tertiary/aromatic N) is 2. The average Bonchev–Trinajstić information content (AvgIpc) is 2.69. The number of hydrogen-bond acceptors (Lipinski definition) is 5. The quantitative estimate of drug-likeness (QED) is 0.704. The molecule has 1 amide bonds. The summed E-state index contributed by atoms with van der Waals surface area (Å²) in [5.74, 6) is 1.32. The molecule has 3 rings (SSSR count). The van der Waals surface area contributed by atoms with Crippen LogP contribution in [0.2, 0.25) is 0 Å². The standard InChI is InChI=1S/C20H19N3O3/c1-2-25-18-12-16(20(24)23-19-7-3-4-11-22-19)8-9-17(18)26-14-15-6-5-10-21-13-15/h3-13H,2,14H2,1H3,(H,22,23,24). The predicted octanol–water partition coefficient (Wildman–Crippen LogP) is 3.71. The number of nitrogens with one attached hydrogen (secondary N) is 1. The first-order valence-corrected chi connectivity index (χ1v) is 8.27. The number of benzene rings is 1. The van der Waals surface area contributed by atoms with Crippen molar-refractivity contribution in [2.45, 2.75) is 13.5 Å². The van der Waals surface area contributed by atoms with Crippen molar-refractivity contribution in [1.29, 1.82) is 0 Å². The Hall–Kier alpha value is -3.41. The molecule has 2 aromatic heterocycles. The normalized spacial score (nSPS) is 10.2. The van der Waals surface area contributed by atoms with Crippen LogP contribution < -0.4 is 14.8 Å². The van der Waals surface area contributed by atoms with E-state index in [0.717, 1.165) is 5.56 Å². The van der Waals surface area contributed by atoms with Crippen molar-refractivity contribution in [3.63, 3.8) is 0 Å². The number of rotatable bonds is 7. The van der Waals surface area contributed by atoms with Crippen LogP contribution in [0.4, 0.5) is 5.82 Å². The fourth-order valence-corrected chi connectivity index (χ4v) is 2.31. The molecule has 0 unspecified atom stereocenters. The van der Waals surface area contributed by atoms with Gasteiger partial charge in [0.1, 0.15) is 12.4 Å². The average molecular weight is 349 g/mol. The van der Waals surface area contributed by atoms with Gasteiger partial charge in [-0.05, 0) is 43.3 Å². The number of pyridine rings is 2. The van der Waals surface area contributed by atoms with Gasteiger partial charge in [0.2, 0.25) is 0 Å². The Morgan fingerprint density at radius 2 is 1.96 bits per heavy atom. The fourth-order valence-electron chi connectivity index (χ4n) is 2.31. The Balaban J connectivity index is 1.74. The maximum atomic E-state index is 12.4. The fraction of sp³-hybridized carbons (Fsp3) is 0.150. The second-order valence-corrected chi connectivity index (χ2v) is 5.41. The summed E-state index contributed by atoms with van der Waals surface area (Å²) in [5.41, 5.74) is 1.42. The molecular formula is C20H19N3O3. The number of carbonyl (C=O) groups is 1. The molecule has 26 heavy (non-hydrogen) atoms. The third-order valence-corrected chi connectivity index (χ3v) is 3.53. The summed E-state index contributed by atoms with van der Waals surface area (Å²) in [7, 11) is 0. The lowest BCUT2D eigenvalue weighted by molar-refractivity contribution is 0.102. The predicted molar refractivity (Wildman–Crippen MR) is 98.4 cm³/mol. The number of ether oxygens (including phenoxy) is 2. The molecule has 132 valence electrons. The van der Waals surface area contributed by atoms with Crippen molar-refractivity contribution < 1.29 is 14.3 Å². The third-order valence-electron chi connectivity index (χ3n) is 3.53. The van der Waals surface area contributed by atoms with Crippen LogP contribution in [0.25, 0.3) is 0 Å². The van der Waals surface area contributed by atoms with E-state index in [-0.39, 0.29) is 5.91 Å².